The number of ether oxygens (including phenoxy) is 2. The number of aliphatic hydroxyl groups is 3. The van der Waals surface area contributed by atoms with Gasteiger partial charge in [0.25, 0.3) is 0 Å². The topological polar surface area (TPSA) is 216 Å². The SMILES string of the molecule is CCCCCCCCCCCCO[C@@H]1[C@@H](O)[C@@H](OP(=O)(O)O)O[C@H](CO)[C@H]1O.N.N. The van der Waals surface area contributed by atoms with E-state index < -0.39 is 45.1 Å². The highest BCUT2D eigenvalue weighted by Gasteiger charge is 2.47. The molecule has 1 saturated heterocycles. The van der Waals surface area contributed by atoms with Crippen molar-refractivity contribution in [2.24, 2.45) is 0 Å². The summed E-state index contributed by atoms with van der Waals surface area (Å²) in [5.41, 5.74) is 0. The molecule has 0 aromatic carbocycles. The summed E-state index contributed by atoms with van der Waals surface area (Å²) >= 11 is 0. The Balaban J connectivity index is 0. The number of unbranched alkanes of at least 4 members (excludes halogenated alkanes) is 9. The van der Waals surface area contributed by atoms with Crippen molar-refractivity contribution in [1.29, 1.82) is 0 Å². The molecule has 0 aliphatic carbocycles. The zero-order valence-electron chi connectivity index (χ0n) is 18.1. The number of phosphoric ester groups is 1. The highest BCUT2D eigenvalue weighted by Crippen LogP contribution is 2.41. The first-order chi connectivity index (χ1) is 13.3. The van der Waals surface area contributed by atoms with Crippen LogP contribution in [0.25, 0.3) is 0 Å². The van der Waals surface area contributed by atoms with Gasteiger partial charge in [-0.1, -0.05) is 64.7 Å². The molecular weight excluding hydrogens is 419 g/mol. The van der Waals surface area contributed by atoms with E-state index >= 15 is 0 Å². The lowest BCUT2D eigenvalue weighted by Gasteiger charge is -2.41. The van der Waals surface area contributed by atoms with Crippen molar-refractivity contribution in [2.45, 2.75) is 102 Å². The average Bonchev–Trinajstić information content (AvgIpc) is 2.63. The van der Waals surface area contributed by atoms with Gasteiger partial charge in [-0.2, -0.15) is 0 Å². The van der Waals surface area contributed by atoms with Gasteiger partial charge in [-0.05, 0) is 6.42 Å². The summed E-state index contributed by atoms with van der Waals surface area (Å²) in [5.74, 6) is 0. The van der Waals surface area contributed by atoms with E-state index in [0.29, 0.717) is 0 Å². The second-order valence-corrected chi connectivity index (χ2v) is 8.51. The van der Waals surface area contributed by atoms with E-state index in [9.17, 15) is 19.9 Å². The molecule has 0 aromatic rings. The van der Waals surface area contributed by atoms with Crippen LogP contribution < -0.4 is 12.3 Å². The van der Waals surface area contributed by atoms with E-state index in [-0.39, 0.29) is 18.9 Å². The minimum Gasteiger partial charge on any atom is -0.394 e. The molecule has 11 nitrogen and oxygen atoms in total. The fourth-order valence-electron chi connectivity index (χ4n) is 3.28. The molecule has 5 atom stereocenters. The third-order valence-electron chi connectivity index (χ3n) is 4.87. The summed E-state index contributed by atoms with van der Waals surface area (Å²) in [5, 5.41) is 29.6. The van der Waals surface area contributed by atoms with Gasteiger partial charge < -0.3 is 46.9 Å². The van der Waals surface area contributed by atoms with Crippen LogP contribution in [0.3, 0.4) is 0 Å². The standard InChI is InChI=1S/C18H37O9P.2H3N/c1-2-3-4-5-6-7-8-9-10-11-12-25-17-15(20)14(13-19)26-18(16(17)21)27-28(22,23)24;;/h14-21H,2-13H2,1H3,(H2,22,23,24);2*1H3/t14-,15-,16-,17+,18-;;/m1../s1. The molecule has 1 aliphatic heterocycles. The minimum atomic E-state index is -4.92. The molecular formula is C18H43N2O9P. The fraction of sp³-hybridized carbons (Fsp3) is 1.00. The summed E-state index contributed by atoms with van der Waals surface area (Å²) < 4.78 is 26.0. The third kappa shape index (κ3) is 12.6. The molecule has 0 unspecified atom stereocenters. The van der Waals surface area contributed by atoms with Gasteiger partial charge in [-0.15, -0.1) is 0 Å². The molecule has 0 aromatic heterocycles. The quantitative estimate of drug-likeness (QED) is 0.138. The van der Waals surface area contributed by atoms with Crippen LogP contribution in [0.2, 0.25) is 0 Å². The second kappa shape index (κ2) is 17.4. The van der Waals surface area contributed by atoms with Gasteiger partial charge in [0.1, 0.15) is 24.4 Å². The van der Waals surface area contributed by atoms with Crippen molar-refractivity contribution in [1.82, 2.24) is 12.3 Å². The van der Waals surface area contributed by atoms with E-state index in [1.165, 1.54) is 44.9 Å². The van der Waals surface area contributed by atoms with Crippen molar-refractivity contribution < 1.29 is 43.7 Å². The van der Waals surface area contributed by atoms with Gasteiger partial charge in [0, 0.05) is 6.61 Å². The van der Waals surface area contributed by atoms with Gasteiger partial charge >= 0.3 is 7.82 Å². The second-order valence-electron chi connectivity index (χ2n) is 7.32. The lowest BCUT2D eigenvalue weighted by molar-refractivity contribution is -0.288. The highest BCUT2D eigenvalue weighted by molar-refractivity contribution is 7.46. The van der Waals surface area contributed by atoms with Crippen LogP contribution >= 0.6 is 7.82 Å². The van der Waals surface area contributed by atoms with Gasteiger partial charge in [0.05, 0.1) is 6.61 Å². The maximum absolute atomic E-state index is 11.0. The number of hydrogen-bond donors (Lipinski definition) is 7. The van der Waals surface area contributed by atoms with Crippen molar-refractivity contribution >= 4 is 7.82 Å². The Morgan fingerprint density at radius 2 is 1.37 bits per heavy atom. The average molecular weight is 463 g/mol. The highest BCUT2D eigenvalue weighted by atomic mass is 31.2. The molecule has 1 heterocycles. The van der Waals surface area contributed by atoms with Crippen LogP contribution in [-0.2, 0) is 18.6 Å². The normalized spacial score (nSPS) is 26.7. The van der Waals surface area contributed by atoms with Gasteiger partial charge in [-0.3, -0.25) is 4.52 Å². The lowest BCUT2D eigenvalue weighted by Crippen LogP contribution is -2.59. The summed E-state index contributed by atoms with van der Waals surface area (Å²) in [6.45, 7) is 1.87. The monoisotopic (exact) mass is 462 g/mol. The van der Waals surface area contributed by atoms with Crippen molar-refractivity contribution in [3.05, 3.63) is 0 Å². The summed E-state index contributed by atoms with van der Waals surface area (Å²) in [6, 6.07) is 0. The molecule has 1 fully saturated rings. The molecule has 0 radical (unpaired) electrons. The number of rotatable bonds is 15. The fourth-order valence-corrected chi connectivity index (χ4v) is 3.73. The van der Waals surface area contributed by atoms with Gasteiger partial charge in [-0.25, -0.2) is 4.57 Å². The van der Waals surface area contributed by atoms with Gasteiger partial charge in [0.2, 0.25) is 0 Å². The number of phosphoric acid groups is 1. The summed E-state index contributed by atoms with van der Waals surface area (Å²) in [6.07, 6.45) is 4.63. The molecule has 1 aliphatic rings. The molecule has 1 rings (SSSR count). The van der Waals surface area contributed by atoms with Crippen LogP contribution in [0, 0.1) is 0 Å². The first-order valence-electron chi connectivity index (χ1n) is 10.3. The molecule has 0 amide bonds. The minimum absolute atomic E-state index is 0. The number of aliphatic hydroxyl groups excluding tert-OH is 3. The van der Waals surface area contributed by atoms with Crippen LogP contribution in [0.15, 0.2) is 0 Å². The van der Waals surface area contributed by atoms with Crippen LogP contribution in [0.4, 0.5) is 0 Å². The Morgan fingerprint density at radius 1 is 0.867 bits per heavy atom. The van der Waals surface area contributed by atoms with E-state index in [1.807, 2.05) is 0 Å². The van der Waals surface area contributed by atoms with Crippen molar-refractivity contribution in [3.63, 3.8) is 0 Å². The van der Waals surface area contributed by atoms with E-state index in [1.54, 1.807) is 0 Å². The van der Waals surface area contributed by atoms with Crippen LogP contribution in [-0.4, -0.2) is 69.0 Å². The van der Waals surface area contributed by atoms with E-state index in [2.05, 4.69) is 11.4 Å². The summed E-state index contributed by atoms with van der Waals surface area (Å²) in [7, 11) is -4.92. The van der Waals surface area contributed by atoms with E-state index in [0.717, 1.165) is 19.3 Å². The van der Waals surface area contributed by atoms with E-state index in [4.69, 9.17) is 19.3 Å². The smallest absolute Gasteiger partial charge is 0.394 e. The molecule has 30 heavy (non-hydrogen) atoms. The zero-order chi connectivity index (χ0) is 21.0. The molecule has 0 saturated carbocycles. The molecule has 184 valence electrons. The summed E-state index contributed by atoms with van der Waals surface area (Å²) in [4.78, 5) is 17.8. The number of hydrogen-bond acceptors (Lipinski definition) is 9. The third-order valence-corrected chi connectivity index (χ3v) is 5.35. The Morgan fingerprint density at radius 3 is 1.83 bits per heavy atom. The lowest BCUT2D eigenvalue weighted by atomic mass is 9.99. The Kier molecular flexibility index (Phi) is 18.6. The predicted octanol–water partition coefficient (Wildman–Crippen LogP) is 2.16. The molecule has 0 bridgehead atoms. The van der Waals surface area contributed by atoms with Crippen LogP contribution in [0.1, 0.15) is 71.1 Å². The predicted molar refractivity (Wildman–Crippen MR) is 113 cm³/mol. The maximum atomic E-state index is 11.0. The zero-order valence-corrected chi connectivity index (χ0v) is 19.0. The largest absolute Gasteiger partial charge is 0.472 e. The Labute approximate surface area is 179 Å². The van der Waals surface area contributed by atoms with Crippen molar-refractivity contribution in [3.8, 4) is 0 Å². The maximum Gasteiger partial charge on any atom is 0.472 e. The Hall–Kier alpha value is -0.170. The first kappa shape index (κ1) is 32.0. The molecule has 12 heteroatoms. The van der Waals surface area contributed by atoms with Gasteiger partial charge in [0.15, 0.2) is 6.29 Å². The van der Waals surface area contributed by atoms with Crippen LogP contribution in [0.5, 0.6) is 0 Å². The van der Waals surface area contributed by atoms with Crippen molar-refractivity contribution in [2.75, 3.05) is 13.2 Å². The first-order valence-corrected chi connectivity index (χ1v) is 11.8. The molecule has 11 N–H and O–H groups in total. The molecule has 0 spiro atoms. The Bertz CT molecular complexity index is 455.